The van der Waals surface area contributed by atoms with Crippen LogP contribution >= 0.6 is 0 Å². The Morgan fingerprint density at radius 2 is 2.07 bits per heavy atom. The van der Waals surface area contributed by atoms with E-state index in [-0.39, 0.29) is 11.3 Å². The highest BCUT2D eigenvalue weighted by Crippen LogP contribution is 2.32. The number of carboxylic acid groups (broad SMARTS) is 1. The monoisotopic (exact) mass is 206 g/mol. The zero-order valence-corrected chi connectivity index (χ0v) is 8.82. The van der Waals surface area contributed by atoms with Gasteiger partial charge in [-0.2, -0.15) is 0 Å². The van der Waals surface area contributed by atoms with Gasteiger partial charge in [0.15, 0.2) is 0 Å². The van der Waals surface area contributed by atoms with Gasteiger partial charge in [0.1, 0.15) is 5.75 Å². The molecule has 1 rings (SSSR count). The van der Waals surface area contributed by atoms with E-state index in [1.165, 1.54) is 18.2 Å². The van der Waals surface area contributed by atoms with Crippen LogP contribution in [-0.4, -0.2) is 16.2 Å². The van der Waals surface area contributed by atoms with E-state index in [0.29, 0.717) is 5.56 Å². The van der Waals surface area contributed by atoms with E-state index in [1.54, 1.807) is 6.08 Å². The summed E-state index contributed by atoms with van der Waals surface area (Å²) in [5.41, 5.74) is 0.283. The van der Waals surface area contributed by atoms with Crippen molar-refractivity contribution in [1.29, 1.82) is 0 Å². The Kier molecular flexibility index (Phi) is 2.84. The van der Waals surface area contributed by atoms with Crippen molar-refractivity contribution >= 4 is 5.97 Å². The van der Waals surface area contributed by atoms with Crippen molar-refractivity contribution in [2.45, 2.75) is 19.3 Å². The van der Waals surface area contributed by atoms with Gasteiger partial charge in [-0.15, -0.1) is 6.58 Å². The summed E-state index contributed by atoms with van der Waals surface area (Å²) in [5.74, 6) is -0.916. The van der Waals surface area contributed by atoms with Crippen LogP contribution in [-0.2, 0) is 5.41 Å². The number of hydrogen-bond donors (Lipinski definition) is 2. The lowest BCUT2D eigenvalue weighted by Gasteiger charge is -2.21. The zero-order chi connectivity index (χ0) is 11.6. The number of phenols is 1. The molecule has 0 unspecified atom stereocenters. The first-order valence-electron chi connectivity index (χ1n) is 4.59. The molecule has 0 radical (unpaired) electrons. The molecule has 0 saturated carbocycles. The maximum Gasteiger partial charge on any atom is 0.335 e. The van der Waals surface area contributed by atoms with Gasteiger partial charge in [-0.1, -0.05) is 19.9 Å². The lowest BCUT2D eigenvalue weighted by atomic mass is 9.83. The van der Waals surface area contributed by atoms with Crippen LogP contribution in [0.15, 0.2) is 30.9 Å². The van der Waals surface area contributed by atoms with E-state index in [1.807, 2.05) is 13.8 Å². The Morgan fingerprint density at radius 1 is 1.47 bits per heavy atom. The van der Waals surface area contributed by atoms with Crippen LogP contribution in [0.5, 0.6) is 5.75 Å². The summed E-state index contributed by atoms with van der Waals surface area (Å²) in [5, 5.41) is 18.5. The van der Waals surface area contributed by atoms with E-state index in [4.69, 9.17) is 5.11 Å². The summed E-state index contributed by atoms with van der Waals surface area (Å²) in [4.78, 5) is 10.8. The Labute approximate surface area is 88.7 Å². The van der Waals surface area contributed by atoms with Gasteiger partial charge in [0.25, 0.3) is 0 Å². The number of aromatic carboxylic acids is 1. The first kappa shape index (κ1) is 11.3. The topological polar surface area (TPSA) is 57.5 Å². The molecular weight excluding hydrogens is 192 g/mol. The molecule has 80 valence electrons. The quantitative estimate of drug-likeness (QED) is 0.747. The second-order valence-corrected chi connectivity index (χ2v) is 3.96. The van der Waals surface area contributed by atoms with Crippen molar-refractivity contribution in [3.8, 4) is 5.75 Å². The highest BCUT2D eigenvalue weighted by atomic mass is 16.4. The van der Waals surface area contributed by atoms with E-state index < -0.39 is 11.4 Å². The Hall–Kier alpha value is -1.77. The van der Waals surface area contributed by atoms with Crippen LogP contribution in [0.25, 0.3) is 0 Å². The minimum Gasteiger partial charge on any atom is -0.508 e. The predicted molar refractivity (Wildman–Crippen MR) is 58.3 cm³/mol. The fraction of sp³-hybridized carbons (Fsp3) is 0.250. The number of carboxylic acids is 1. The lowest BCUT2D eigenvalue weighted by molar-refractivity contribution is 0.0696. The number of hydrogen-bond acceptors (Lipinski definition) is 2. The van der Waals surface area contributed by atoms with Gasteiger partial charge in [-0.25, -0.2) is 4.79 Å². The average Bonchev–Trinajstić information content (AvgIpc) is 2.17. The van der Waals surface area contributed by atoms with Crippen molar-refractivity contribution in [3.05, 3.63) is 42.0 Å². The predicted octanol–water partition coefficient (Wildman–Crippen LogP) is 2.55. The molecule has 0 fully saturated rings. The highest BCUT2D eigenvalue weighted by Gasteiger charge is 2.21. The normalized spacial score (nSPS) is 11.1. The molecule has 0 heterocycles. The molecule has 0 bridgehead atoms. The first-order valence-corrected chi connectivity index (χ1v) is 4.59. The largest absolute Gasteiger partial charge is 0.508 e. The van der Waals surface area contributed by atoms with Crippen LogP contribution in [0, 0.1) is 0 Å². The summed E-state index contributed by atoms with van der Waals surface area (Å²) in [6.07, 6.45) is 1.67. The molecule has 0 atom stereocenters. The van der Waals surface area contributed by atoms with E-state index in [2.05, 4.69) is 6.58 Å². The Balaban J connectivity index is 3.34. The second kappa shape index (κ2) is 3.77. The number of benzene rings is 1. The number of allylic oxidation sites excluding steroid dienone is 1. The Bertz CT molecular complexity index is 405. The summed E-state index contributed by atoms with van der Waals surface area (Å²) >= 11 is 0. The second-order valence-electron chi connectivity index (χ2n) is 3.96. The maximum atomic E-state index is 10.8. The number of aromatic hydroxyl groups is 1. The minimum absolute atomic E-state index is 0.0879. The fourth-order valence-electron chi connectivity index (χ4n) is 1.30. The van der Waals surface area contributed by atoms with E-state index >= 15 is 0 Å². The highest BCUT2D eigenvalue weighted by molar-refractivity contribution is 5.88. The van der Waals surface area contributed by atoms with Crippen molar-refractivity contribution in [3.63, 3.8) is 0 Å². The van der Waals surface area contributed by atoms with Gasteiger partial charge in [-0.3, -0.25) is 0 Å². The van der Waals surface area contributed by atoms with E-state index in [9.17, 15) is 9.90 Å². The molecule has 0 aromatic heterocycles. The SMILES string of the molecule is C=CC(C)(C)c1cc(C(=O)O)ccc1O. The fourth-order valence-corrected chi connectivity index (χ4v) is 1.30. The van der Waals surface area contributed by atoms with Gasteiger partial charge in [-0.05, 0) is 18.2 Å². The van der Waals surface area contributed by atoms with Crippen molar-refractivity contribution < 1.29 is 15.0 Å². The summed E-state index contributed by atoms with van der Waals surface area (Å²) in [6.45, 7) is 7.39. The number of rotatable bonds is 3. The molecule has 3 nitrogen and oxygen atoms in total. The summed E-state index contributed by atoms with van der Waals surface area (Å²) in [7, 11) is 0. The van der Waals surface area contributed by atoms with Crippen LogP contribution < -0.4 is 0 Å². The standard InChI is InChI=1S/C12H14O3/c1-4-12(2,3)9-7-8(11(14)15)5-6-10(9)13/h4-7,13H,1H2,2-3H3,(H,14,15). The van der Waals surface area contributed by atoms with E-state index in [0.717, 1.165) is 0 Å². The van der Waals surface area contributed by atoms with Crippen LogP contribution in [0.4, 0.5) is 0 Å². The third-order valence-electron chi connectivity index (χ3n) is 2.45. The molecule has 15 heavy (non-hydrogen) atoms. The molecule has 3 heteroatoms. The number of phenolic OH excluding ortho intramolecular Hbond substituents is 1. The summed E-state index contributed by atoms with van der Waals surface area (Å²) < 4.78 is 0. The van der Waals surface area contributed by atoms with Crippen molar-refractivity contribution in [1.82, 2.24) is 0 Å². The molecule has 0 aliphatic carbocycles. The zero-order valence-electron chi connectivity index (χ0n) is 8.82. The third kappa shape index (κ3) is 2.18. The molecule has 0 spiro atoms. The van der Waals surface area contributed by atoms with Gasteiger partial charge < -0.3 is 10.2 Å². The van der Waals surface area contributed by atoms with Gasteiger partial charge in [0, 0.05) is 11.0 Å². The summed E-state index contributed by atoms with van der Waals surface area (Å²) in [6, 6.07) is 4.24. The Morgan fingerprint density at radius 3 is 2.53 bits per heavy atom. The maximum absolute atomic E-state index is 10.8. The third-order valence-corrected chi connectivity index (χ3v) is 2.45. The molecule has 0 aliphatic heterocycles. The number of carbonyl (C=O) groups is 1. The lowest BCUT2D eigenvalue weighted by Crippen LogP contribution is -2.14. The van der Waals surface area contributed by atoms with Crippen LogP contribution in [0.3, 0.4) is 0 Å². The van der Waals surface area contributed by atoms with Gasteiger partial charge >= 0.3 is 5.97 Å². The molecule has 2 N–H and O–H groups in total. The molecule has 1 aromatic carbocycles. The van der Waals surface area contributed by atoms with Crippen LogP contribution in [0.1, 0.15) is 29.8 Å². The van der Waals surface area contributed by atoms with Crippen molar-refractivity contribution in [2.24, 2.45) is 0 Å². The smallest absolute Gasteiger partial charge is 0.335 e. The molecule has 0 amide bonds. The van der Waals surface area contributed by atoms with Crippen LogP contribution in [0.2, 0.25) is 0 Å². The molecule has 0 saturated heterocycles. The minimum atomic E-state index is -1.00. The molecular formula is C12H14O3. The van der Waals surface area contributed by atoms with Gasteiger partial charge in [0.05, 0.1) is 5.56 Å². The first-order chi connectivity index (χ1) is 6.88. The van der Waals surface area contributed by atoms with Crippen molar-refractivity contribution in [2.75, 3.05) is 0 Å². The molecule has 1 aromatic rings. The molecule has 0 aliphatic rings. The average molecular weight is 206 g/mol. The van der Waals surface area contributed by atoms with Gasteiger partial charge in [0.2, 0.25) is 0 Å².